The van der Waals surface area contributed by atoms with E-state index in [1.165, 1.54) is 0 Å². The topological polar surface area (TPSA) is 58.2 Å². The van der Waals surface area contributed by atoms with Gasteiger partial charge < -0.3 is 5.32 Å². The highest BCUT2D eigenvalue weighted by molar-refractivity contribution is 7.89. The van der Waals surface area contributed by atoms with E-state index < -0.39 is 10.0 Å². The van der Waals surface area contributed by atoms with Gasteiger partial charge in [0.2, 0.25) is 10.0 Å². The number of aryl methyl sites for hydroxylation is 1. The molecule has 0 fully saturated rings. The SMILES string of the molecule is Cc1ccc(S(=O)(=O)NCCNC(C)(C)C)cc1. The van der Waals surface area contributed by atoms with Crippen LogP contribution < -0.4 is 10.0 Å². The maximum atomic E-state index is 11.9. The molecule has 5 heteroatoms. The fourth-order valence-corrected chi connectivity index (χ4v) is 2.46. The molecule has 0 unspecified atom stereocenters. The number of rotatable bonds is 5. The first-order valence-electron chi connectivity index (χ1n) is 6.02. The Labute approximate surface area is 110 Å². The molecular formula is C13H22N2O2S. The highest BCUT2D eigenvalue weighted by atomic mass is 32.2. The number of nitrogens with one attached hydrogen (secondary N) is 2. The van der Waals surface area contributed by atoms with Crippen molar-refractivity contribution in [2.24, 2.45) is 0 Å². The summed E-state index contributed by atoms with van der Waals surface area (Å²) < 4.78 is 26.4. The van der Waals surface area contributed by atoms with Gasteiger partial charge in [-0.2, -0.15) is 0 Å². The third kappa shape index (κ3) is 5.16. The van der Waals surface area contributed by atoms with E-state index in [4.69, 9.17) is 0 Å². The summed E-state index contributed by atoms with van der Waals surface area (Å²) >= 11 is 0. The Kier molecular flexibility index (Phi) is 4.90. The molecule has 0 spiro atoms. The summed E-state index contributed by atoms with van der Waals surface area (Å²) in [4.78, 5) is 0.309. The van der Waals surface area contributed by atoms with Crippen LogP contribution in [-0.4, -0.2) is 27.0 Å². The van der Waals surface area contributed by atoms with Crippen LogP contribution in [0.15, 0.2) is 29.2 Å². The minimum absolute atomic E-state index is 0.00466. The van der Waals surface area contributed by atoms with Gasteiger partial charge in [-0.05, 0) is 39.8 Å². The number of hydrogen-bond donors (Lipinski definition) is 2. The zero-order valence-corrected chi connectivity index (χ0v) is 12.3. The minimum atomic E-state index is -3.38. The van der Waals surface area contributed by atoms with Crippen molar-refractivity contribution >= 4 is 10.0 Å². The van der Waals surface area contributed by atoms with Crippen LogP contribution in [0.5, 0.6) is 0 Å². The molecule has 0 radical (unpaired) electrons. The molecule has 1 aromatic rings. The zero-order chi connectivity index (χ0) is 13.8. The quantitative estimate of drug-likeness (QED) is 0.800. The van der Waals surface area contributed by atoms with Crippen molar-refractivity contribution in [2.45, 2.75) is 38.1 Å². The second-order valence-electron chi connectivity index (χ2n) is 5.39. The predicted octanol–water partition coefficient (Wildman–Crippen LogP) is 1.66. The van der Waals surface area contributed by atoms with Gasteiger partial charge in [-0.25, -0.2) is 13.1 Å². The van der Waals surface area contributed by atoms with Gasteiger partial charge in [0.25, 0.3) is 0 Å². The van der Waals surface area contributed by atoms with E-state index in [1.807, 2.05) is 27.7 Å². The van der Waals surface area contributed by atoms with Crippen molar-refractivity contribution < 1.29 is 8.42 Å². The minimum Gasteiger partial charge on any atom is -0.311 e. The van der Waals surface area contributed by atoms with E-state index in [1.54, 1.807) is 24.3 Å². The fraction of sp³-hybridized carbons (Fsp3) is 0.538. The summed E-state index contributed by atoms with van der Waals surface area (Å²) in [6.45, 7) is 9.05. The molecule has 18 heavy (non-hydrogen) atoms. The third-order valence-corrected chi connectivity index (χ3v) is 3.88. The lowest BCUT2D eigenvalue weighted by atomic mass is 10.1. The zero-order valence-electron chi connectivity index (χ0n) is 11.4. The van der Waals surface area contributed by atoms with Gasteiger partial charge in [0, 0.05) is 18.6 Å². The van der Waals surface area contributed by atoms with Crippen molar-refractivity contribution in [1.82, 2.24) is 10.0 Å². The Hall–Kier alpha value is -0.910. The average Bonchev–Trinajstić information content (AvgIpc) is 2.24. The van der Waals surface area contributed by atoms with E-state index in [0.717, 1.165) is 5.56 Å². The van der Waals surface area contributed by atoms with Crippen molar-refractivity contribution in [1.29, 1.82) is 0 Å². The van der Waals surface area contributed by atoms with E-state index in [0.29, 0.717) is 18.0 Å². The molecule has 0 aliphatic carbocycles. The summed E-state index contributed by atoms with van der Waals surface area (Å²) in [7, 11) is -3.38. The molecule has 102 valence electrons. The number of sulfonamides is 1. The van der Waals surface area contributed by atoms with Crippen LogP contribution in [-0.2, 0) is 10.0 Å². The molecular weight excluding hydrogens is 248 g/mol. The Balaban J connectivity index is 2.53. The second-order valence-corrected chi connectivity index (χ2v) is 7.15. The van der Waals surface area contributed by atoms with Gasteiger partial charge in [0.15, 0.2) is 0 Å². The van der Waals surface area contributed by atoms with E-state index in [-0.39, 0.29) is 5.54 Å². The molecule has 2 N–H and O–H groups in total. The Morgan fingerprint density at radius 3 is 2.11 bits per heavy atom. The van der Waals surface area contributed by atoms with Gasteiger partial charge in [0.1, 0.15) is 0 Å². The van der Waals surface area contributed by atoms with Crippen LogP contribution >= 0.6 is 0 Å². The Morgan fingerprint density at radius 2 is 1.61 bits per heavy atom. The van der Waals surface area contributed by atoms with Crippen molar-refractivity contribution in [3.63, 3.8) is 0 Å². The van der Waals surface area contributed by atoms with Crippen molar-refractivity contribution in [3.8, 4) is 0 Å². The normalized spacial score (nSPS) is 12.7. The lowest BCUT2D eigenvalue weighted by Crippen LogP contribution is -2.41. The monoisotopic (exact) mass is 270 g/mol. The molecule has 1 aromatic carbocycles. The first-order valence-corrected chi connectivity index (χ1v) is 7.50. The van der Waals surface area contributed by atoms with Gasteiger partial charge in [-0.1, -0.05) is 17.7 Å². The maximum absolute atomic E-state index is 11.9. The van der Waals surface area contributed by atoms with Crippen LogP contribution in [0.2, 0.25) is 0 Å². The standard InChI is InChI=1S/C13H22N2O2S/c1-11-5-7-12(8-6-11)18(16,17)15-10-9-14-13(2,3)4/h5-8,14-15H,9-10H2,1-4H3. The van der Waals surface area contributed by atoms with Crippen molar-refractivity contribution in [2.75, 3.05) is 13.1 Å². The summed E-state index contributed by atoms with van der Waals surface area (Å²) in [6.07, 6.45) is 0. The van der Waals surface area contributed by atoms with Crippen LogP contribution in [0.4, 0.5) is 0 Å². The van der Waals surface area contributed by atoms with Crippen LogP contribution in [0.3, 0.4) is 0 Å². The van der Waals surface area contributed by atoms with Gasteiger partial charge in [-0.3, -0.25) is 0 Å². The maximum Gasteiger partial charge on any atom is 0.240 e. The molecule has 0 saturated heterocycles. The van der Waals surface area contributed by atoms with Crippen LogP contribution in [0.1, 0.15) is 26.3 Å². The Bertz CT molecular complexity index is 473. The summed E-state index contributed by atoms with van der Waals surface area (Å²) in [6, 6.07) is 6.83. The molecule has 0 aliphatic rings. The van der Waals surface area contributed by atoms with Crippen LogP contribution in [0.25, 0.3) is 0 Å². The molecule has 4 nitrogen and oxygen atoms in total. The van der Waals surface area contributed by atoms with E-state index in [9.17, 15) is 8.42 Å². The average molecular weight is 270 g/mol. The fourth-order valence-electron chi connectivity index (χ4n) is 1.42. The molecule has 0 bridgehead atoms. The molecule has 0 saturated carbocycles. The molecule has 0 amide bonds. The first kappa shape index (κ1) is 15.1. The third-order valence-electron chi connectivity index (χ3n) is 2.40. The Morgan fingerprint density at radius 1 is 1.06 bits per heavy atom. The molecule has 0 aromatic heterocycles. The smallest absolute Gasteiger partial charge is 0.240 e. The lowest BCUT2D eigenvalue weighted by molar-refractivity contribution is 0.428. The van der Waals surface area contributed by atoms with Gasteiger partial charge >= 0.3 is 0 Å². The van der Waals surface area contributed by atoms with E-state index in [2.05, 4.69) is 10.0 Å². The largest absolute Gasteiger partial charge is 0.311 e. The predicted molar refractivity (Wildman–Crippen MR) is 74.1 cm³/mol. The number of benzene rings is 1. The molecule has 1 rings (SSSR count). The van der Waals surface area contributed by atoms with Crippen molar-refractivity contribution in [3.05, 3.63) is 29.8 Å². The first-order chi connectivity index (χ1) is 8.21. The number of hydrogen-bond acceptors (Lipinski definition) is 3. The summed E-state index contributed by atoms with van der Waals surface area (Å²) in [5, 5.41) is 3.23. The van der Waals surface area contributed by atoms with E-state index >= 15 is 0 Å². The summed E-state index contributed by atoms with van der Waals surface area (Å²) in [5.41, 5.74) is 1.04. The van der Waals surface area contributed by atoms with Gasteiger partial charge in [-0.15, -0.1) is 0 Å². The lowest BCUT2D eigenvalue weighted by Gasteiger charge is -2.20. The molecule has 0 atom stereocenters. The highest BCUT2D eigenvalue weighted by Gasteiger charge is 2.13. The molecule has 0 heterocycles. The molecule has 0 aliphatic heterocycles. The second kappa shape index (κ2) is 5.82. The highest BCUT2D eigenvalue weighted by Crippen LogP contribution is 2.09. The van der Waals surface area contributed by atoms with Crippen LogP contribution in [0, 0.1) is 6.92 Å². The summed E-state index contributed by atoms with van der Waals surface area (Å²) in [5.74, 6) is 0. The van der Waals surface area contributed by atoms with Gasteiger partial charge in [0.05, 0.1) is 4.90 Å².